The SMILES string of the molecule is CNC(c1ccc(Br)s1)C1CNCCO1. The molecule has 0 amide bonds. The average molecular weight is 291 g/mol. The van der Waals surface area contributed by atoms with Crippen LogP contribution >= 0.6 is 27.3 Å². The summed E-state index contributed by atoms with van der Waals surface area (Å²) >= 11 is 5.25. The highest BCUT2D eigenvalue weighted by molar-refractivity contribution is 9.11. The van der Waals surface area contributed by atoms with Crippen LogP contribution in [0, 0.1) is 0 Å². The van der Waals surface area contributed by atoms with Gasteiger partial charge in [0, 0.05) is 18.0 Å². The third kappa shape index (κ3) is 2.79. The zero-order chi connectivity index (χ0) is 10.7. The predicted molar refractivity (Wildman–Crippen MR) is 66.4 cm³/mol. The highest BCUT2D eigenvalue weighted by atomic mass is 79.9. The molecule has 84 valence electrons. The van der Waals surface area contributed by atoms with Crippen LogP contribution in [0.4, 0.5) is 0 Å². The maximum Gasteiger partial charge on any atom is 0.0902 e. The highest BCUT2D eigenvalue weighted by Crippen LogP contribution is 2.30. The number of halogens is 1. The van der Waals surface area contributed by atoms with E-state index in [9.17, 15) is 0 Å². The molecule has 2 N–H and O–H groups in total. The normalized spacial score (nSPS) is 24.0. The minimum atomic E-state index is 0.231. The molecule has 0 aliphatic carbocycles. The molecule has 2 rings (SSSR count). The summed E-state index contributed by atoms with van der Waals surface area (Å²) in [6, 6.07) is 4.52. The number of nitrogens with one attached hydrogen (secondary N) is 2. The molecule has 1 aromatic rings. The Balaban J connectivity index is 2.08. The Morgan fingerprint density at radius 1 is 1.67 bits per heavy atom. The number of likely N-dealkylation sites (N-methyl/N-ethyl adjacent to an activating group) is 1. The van der Waals surface area contributed by atoms with E-state index in [1.165, 1.54) is 8.66 Å². The Bertz CT molecular complexity index is 312. The summed E-state index contributed by atoms with van der Waals surface area (Å²) in [5, 5.41) is 6.68. The average Bonchev–Trinajstić information content (AvgIpc) is 2.68. The van der Waals surface area contributed by atoms with E-state index in [1.807, 2.05) is 7.05 Å². The van der Waals surface area contributed by atoms with Crippen molar-refractivity contribution in [1.82, 2.24) is 10.6 Å². The van der Waals surface area contributed by atoms with E-state index in [2.05, 4.69) is 38.7 Å². The Morgan fingerprint density at radius 2 is 2.53 bits per heavy atom. The van der Waals surface area contributed by atoms with Crippen LogP contribution in [0.5, 0.6) is 0 Å². The van der Waals surface area contributed by atoms with E-state index in [1.54, 1.807) is 11.3 Å². The molecule has 3 nitrogen and oxygen atoms in total. The number of ether oxygens (including phenoxy) is 1. The summed E-state index contributed by atoms with van der Waals surface area (Å²) < 4.78 is 6.93. The molecule has 2 unspecified atom stereocenters. The first-order valence-corrected chi connectivity index (χ1v) is 6.67. The predicted octanol–water partition coefficient (Wildman–Crippen LogP) is 1.76. The second kappa shape index (κ2) is 5.41. The second-order valence-corrected chi connectivity index (χ2v) is 6.02. The van der Waals surface area contributed by atoms with E-state index in [-0.39, 0.29) is 12.1 Å². The summed E-state index contributed by atoms with van der Waals surface area (Å²) in [5.41, 5.74) is 0. The fraction of sp³-hybridized carbons (Fsp3) is 0.600. The molecular formula is C10H15BrN2OS. The number of thiophene rings is 1. The molecule has 0 bridgehead atoms. The van der Waals surface area contributed by atoms with Crippen LogP contribution in [0.3, 0.4) is 0 Å². The largest absolute Gasteiger partial charge is 0.374 e. The summed E-state index contributed by atoms with van der Waals surface area (Å²) in [4.78, 5) is 1.32. The van der Waals surface area contributed by atoms with Crippen molar-refractivity contribution >= 4 is 27.3 Å². The van der Waals surface area contributed by atoms with Crippen LogP contribution in [0.1, 0.15) is 10.9 Å². The lowest BCUT2D eigenvalue weighted by Crippen LogP contribution is -2.45. The van der Waals surface area contributed by atoms with Gasteiger partial charge in [-0.25, -0.2) is 0 Å². The Kier molecular flexibility index (Phi) is 4.16. The molecule has 0 saturated carbocycles. The third-order valence-electron chi connectivity index (χ3n) is 2.54. The monoisotopic (exact) mass is 290 g/mol. The highest BCUT2D eigenvalue weighted by Gasteiger charge is 2.25. The zero-order valence-electron chi connectivity index (χ0n) is 8.63. The molecule has 1 fully saturated rings. The van der Waals surface area contributed by atoms with Crippen LogP contribution in [0.15, 0.2) is 15.9 Å². The first-order chi connectivity index (χ1) is 7.31. The lowest BCUT2D eigenvalue weighted by atomic mass is 10.1. The summed E-state index contributed by atoms with van der Waals surface area (Å²) in [5.74, 6) is 0. The minimum absolute atomic E-state index is 0.231. The van der Waals surface area contributed by atoms with Gasteiger partial charge in [-0.15, -0.1) is 11.3 Å². The molecule has 0 radical (unpaired) electrons. The van der Waals surface area contributed by atoms with Crippen molar-refractivity contribution in [3.63, 3.8) is 0 Å². The van der Waals surface area contributed by atoms with E-state index in [0.29, 0.717) is 0 Å². The number of morpholine rings is 1. The maximum absolute atomic E-state index is 5.76. The lowest BCUT2D eigenvalue weighted by Gasteiger charge is -2.30. The van der Waals surface area contributed by atoms with E-state index in [4.69, 9.17) is 4.74 Å². The van der Waals surface area contributed by atoms with Crippen molar-refractivity contribution in [2.75, 3.05) is 26.7 Å². The second-order valence-electron chi connectivity index (χ2n) is 3.52. The molecule has 0 aromatic carbocycles. The van der Waals surface area contributed by atoms with Crippen LogP contribution < -0.4 is 10.6 Å². The minimum Gasteiger partial charge on any atom is -0.374 e. The quantitative estimate of drug-likeness (QED) is 0.890. The van der Waals surface area contributed by atoms with Crippen LogP contribution in [0.25, 0.3) is 0 Å². The number of hydrogen-bond donors (Lipinski definition) is 2. The molecule has 1 aliphatic heterocycles. The van der Waals surface area contributed by atoms with Crippen molar-refractivity contribution in [2.45, 2.75) is 12.1 Å². The summed E-state index contributed by atoms with van der Waals surface area (Å²) in [6.07, 6.45) is 0.231. The van der Waals surface area contributed by atoms with Crippen molar-refractivity contribution in [2.24, 2.45) is 0 Å². The molecule has 2 atom stereocenters. The fourth-order valence-electron chi connectivity index (χ4n) is 1.81. The van der Waals surface area contributed by atoms with Gasteiger partial charge in [0.1, 0.15) is 0 Å². The molecule has 1 aliphatic rings. The molecular weight excluding hydrogens is 276 g/mol. The van der Waals surface area contributed by atoms with Gasteiger partial charge < -0.3 is 15.4 Å². The molecule has 15 heavy (non-hydrogen) atoms. The van der Waals surface area contributed by atoms with Crippen LogP contribution in [-0.4, -0.2) is 32.8 Å². The Hall–Kier alpha value is 0.0600. The third-order valence-corrected chi connectivity index (χ3v) is 4.25. The van der Waals surface area contributed by atoms with E-state index >= 15 is 0 Å². The van der Waals surface area contributed by atoms with Gasteiger partial charge in [-0.2, -0.15) is 0 Å². The van der Waals surface area contributed by atoms with E-state index in [0.717, 1.165) is 19.7 Å². The molecule has 1 aromatic heterocycles. The van der Waals surface area contributed by atoms with Crippen molar-refractivity contribution in [3.05, 3.63) is 20.8 Å². The van der Waals surface area contributed by atoms with Gasteiger partial charge in [0.25, 0.3) is 0 Å². The molecule has 1 saturated heterocycles. The Labute approximate surface area is 102 Å². The smallest absolute Gasteiger partial charge is 0.0902 e. The van der Waals surface area contributed by atoms with Gasteiger partial charge in [-0.05, 0) is 35.1 Å². The van der Waals surface area contributed by atoms with Gasteiger partial charge in [-0.1, -0.05) is 0 Å². The zero-order valence-corrected chi connectivity index (χ0v) is 11.0. The maximum atomic E-state index is 5.76. The van der Waals surface area contributed by atoms with Gasteiger partial charge in [0.2, 0.25) is 0 Å². The fourth-order valence-corrected chi connectivity index (χ4v) is 3.39. The van der Waals surface area contributed by atoms with Gasteiger partial charge in [-0.3, -0.25) is 0 Å². The Morgan fingerprint density at radius 3 is 3.07 bits per heavy atom. The van der Waals surface area contributed by atoms with Gasteiger partial charge in [0.05, 0.1) is 22.5 Å². The first-order valence-electron chi connectivity index (χ1n) is 5.06. The molecule has 2 heterocycles. The summed E-state index contributed by atoms with van der Waals surface area (Å²) in [7, 11) is 1.98. The molecule has 0 spiro atoms. The van der Waals surface area contributed by atoms with Gasteiger partial charge >= 0.3 is 0 Å². The standard InChI is InChI=1S/C10H15BrN2OS/c1-12-10(7-6-13-4-5-14-7)8-2-3-9(11)15-8/h2-3,7,10,12-13H,4-6H2,1H3. The number of rotatable bonds is 3. The van der Waals surface area contributed by atoms with Crippen molar-refractivity contribution in [1.29, 1.82) is 0 Å². The first kappa shape index (κ1) is 11.5. The topological polar surface area (TPSA) is 33.3 Å². The van der Waals surface area contributed by atoms with Crippen LogP contribution in [-0.2, 0) is 4.74 Å². The van der Waals surface area contributed by atoms with Crippen molar-refractivity contribution < 1.29 is 4.74 Å². The van der Waals surface area contributed by atoms with Gasteiger partial charge in [0.15, 0.2) is 0 Å². The van der Waals surface area contributed by atoms with Crippen LogP contribution in [0.2, 0.25) is 0 Å². The van der Waals surface area contributed by atoms with Crippen molar-refractivity contribution in [3.8, 4) is 0 Å². The van der Waals surface area contributed by atoms with E-state index < -0.39 is 0 Å². The number of hydrogen-bond acceptors (Lipinski definition) is 4. The summed E-state index contributed by atoms with van der Waals surface area (Å²) in [6.45, 7) is 2.68. The molecule has 5 heteroatoms. The lowest BCUT2D eigenvalue weighted by molar-refractivity contribution is 0.00613.